The topological polar surface area (TPSA) is 46.5 Å². The molecule has 1 saturated heterocycles. The Morgan fingerprint density at radius 2 is 2.22 bits per heavy atom. The zero-order valence-corrected chi connectivity index (χ0v) is 11.0. The van der Waals surface area contributed by atoms with Crippen molar-refractivity contribution in [3.8, 4) is 0 Å². The molecule has 0 bridgehead atoms. The average Bonchev–Trinajstić information content (AvgIpc) is 2.78. The van der Waals surface area contributed by atoms with Gasteiger partial charge in [-0.15, -0.1) is 0 Å². The van der Waals surface area contributed by atoms with Gasteiger partial charge >= 0.3 is 5.97 Å². The third-order valence-electron chi connectivity index (χ3n) is 4.85. The van der Waals surface area contributed by atoms with Gasteiger partial charge in [0.15, 0.2) is 0 Å². The highest BCUT2D eigenvalue weighted by atomic mass is 16.5. The maximum absolute atomic E-state index is 11.7. The number of aliphatic hydroxyl groups is 1. The van der Waals surface area contributed by atoms with E-state index in [4.69, 9.17) is 4.74 Å². The molecule has 3 heteroatoms. The number of hydrogen-bond acceptors (Lipinski definition) is 3. The molecule has 1 saturated carbocycles. The summed E-state index contributed by atoms with van der Waals surface area (Å²) in [4.78, 5) is 11.7. The van der Waals surface area contributed by atoms with Gasteiger partial charge in [-0.1, -0.05) is 26.8 Å². The number of rotatable bonds is 0. The van der Waals surface area contributed by atoms with Crippen molar-refractivity contribution in [1.29, 1.82) is 0 Å². The lowest BCUT2D eigenvalue weighted by Gasteiger charge is -2.39. The summed E-state index contributed by atoms with van der Waals surface area (Å²) in [6.07, 6.45) is 5.18. The Kier molecular flexibility index (Phi) is 2.25. The van der Waals surface area contributed by atoms with Gasteiger partial charge in [0.25, 0.3) is 0 Å². The van der Waals surface area contributed by atoms with Crippen LogP contribution >= 0.6 is 0 Å². The van der Waals surface area contributed by atoms with Gasteiger partial charge < -0.3 is 9.84 Å². The first-order valence-electron chi connectivity index (χ1n) is 6.49. The highest BCUT2D eigenvalue weighted by Crippen LogP contribution is 2.55. The van der Waals surface area contributed by atoms with Crippen LogP contribution < -0.4 is 0 Å². The second kappa shape index (κ2) is 3.50. The van der Waals surface area contributed by atoms with E-state index in [1.54, 1.807) is 0 Å². The minimum Gasteiger partial charge on any atom is -0.515 e. The number of hydrogen-bond donors (Lipinski definition) is 1. The molecule has 3 nitrogen and oxygen atoms in total. The van der Waals surface area contributed by atoms with Crippen LogP contribution in [-0.4, -0.2) is 11.1 Å². The van der Waals surface area contributed by atoms with Gasteiger partial charge in [-0.2, -0.15) is 0 Å². The molecule has 3 rings (SSSR count). The molecule has 0 aromatic heterocycles. The summed E-state index contributed by atoms with van der Waals surface area (Å²) in [5, 5.41) is 9.18. The molecule has 2 atom stereocenters. The quantitative estimate of drug-likeness (QED) is 0.405. The minimum atomic E-state index is -0.408. The van der Waals surface area contributed by atoms with Gasteiger partial charge in [0.05, 0.1) is 17.8 Å². The van der Waals surface area contributed by atoms with Gasteiger partial charge in [-0.25, -0.2) is 4.79 Å². The normalized spacial score (nSPS) is 35.4. The van der Waals surface area contributed by atoms with Crippen LogP contribution in [-0.2, 0) is 9.53 Å². The lowest BCUT2D eigenvalue weighted by Crippen LogP contribution is -2.29. The highest BCUT2D eigenvalue weighted by molar-refractivity contribution is 5.94. The lowest BCUT2D eigenvalue weighted by molar-refractivity contribution is -0.132. The lowest BCUT2D eigenvalue weighted by atomic mass is 9.65. The molecule has 0 aromatic carbocycles. The summed E-state index contributed by atoms with van der Waals surface area (Å²) in [7, 11) is 0. The zero-order valence-electron chi connectivity index (χ0n) is 11.0. The van der Waals surface area contributed by atoms with Crippen molar-refractivity contribution >= 4 is 5.97 Å². The number of fused-ring (bicyclic) bond motifs is 2. The van der Waals surface area contributed by atoms with Crippen molar-refractivity contribution in [1.82, 2.24) is 0 Å². The molecule has 0 radical (unpaired) electrons. The Labute approximate surface area is 107 Å². The summed E-state index contributed by atoms with van der Waals surface area (Å²) in [6, 6.07) is 0. The van der Waals surface area contributed by atoms with Gasteiger partial charge in [0.1, 0.15) is 5.76 Å². The van der Waals surface area contributed by atoms with Gasteiger partial charge in [0, 0.05) is 5.57 Å². The minimum absolute atomic E-state index is 0.0271. The van der Waals surface area contributed by atoms with Crippen LogP contribution in [0.1, 0.15) is 33.6 Å². The second-order valence-electron chi connectivity index (χ2n) is 6.04. The van der Waals surface area contributed by atoms with Crippen molar-refractivity contribution in [2.75, 3.05) is 0 Å². The van der Waals surface area contributed by atoms with Crippen LogP contribution in [0, 0.1) is 17.3 Å². The molecule has 96 valence electrons. The Morgan fingerprint density at radius 1 is 1.50 bits per heavy atom. The molecule has 2 aliphatic carbocycles. The maximum atomic E-state index is 11.7. The summed E-state index contributed by atoms with van der Waals surface area (Å²) >= 11 is 0. The van der Waals surface area contributed by atoms with Crippen LogP contribution in [0.3, 0.4) is 0 Å². The van der Waals surface area contributed by atoms with E-state index in [1.807, 2.05) is 0 Å². The molecule has 0 aromatic rings. The van der Waals surface area contributed by atoms with E-state index in [9.17, 15) is 9.90 Å². The summed E-state index contributed by atoms with van der Waals surface area (Å²) in [5.41, 5.74) is 2.88. The highest BCUT2D eigenvalue weighted by Gasteiger charge is 2.48. The summed E-state index contributed by atoms with van der Waals surface area (Å²) in [5.74, 6) is 0.759. The molecule has 18 heavy (non-hydrogen) atoms. The second-order valence-corrected chi connectivity index (χ2v) is 6.04. The van der Waals surface area contributed by atoms with Gasteiger partial charge in [-0.3, -0.25) is 0 Å². The van der Waals surface area contributed by atoms with Crippen molar-refractivity contribution in [3.05, 3.63) is 34.8 Å². The molecule has 2 unspecified atom stereocenters. The predicted octanol–water partition coefficient (Wildman–Crippen LogP) is 3.25. The Morgan fingerprint density at radius 3 is 2.89 bits per heavy atom. The van der Waals surface area contributed by atoms with E-state index in [2.05, 4.69) is 26.8 Å². The Hall–Kier alpha value is -1.51. The van der Waals surface area contributed by atoms with Crippen LogP contribution in [0.5, 0.6) is 0 Å². The van der Waals surface area contributed by atoms with E-state index in [1.165, 1.54) is 11.1 Å². The van der Waals surface area contributed by atoms with Crippen LogP contribution in [0.15, 0.2) is 34.8 Å². The van der Waals surface area contributed by atoms with E-state index in [0.29, 0.717) is 11.5 Å². The number of esters is 1. The first-order valence-corrected chi connectivity index (χ1v) is 6.49. The fraction of sp³-hybridized carbons (Fsp3) is 0.533. The van der Waals surface area contributed by atoms with Crippen molar-refractivity contribution in [2.45, 2.75) is 33.6 Å². The number of carbonyl (C=O) groups excluding carboxylic acids is 1. The zero-order chi connectivity index (χ0) is 13.1. The van der Waals surface area contributed by atoms with Crippen LogP contribution in [0.2, 0.25) is 0 Å². The van der Waals surface area contributed by atoms with E-state index in [0.717, 1.165) is 24.9 Å². The first-order chi connectivity index (χ1) is 8.46. The number of carbonyl (C=O) groups is 1. The fourth-order valence-electron chi connectivity index (χ4n) is 3.36. The fourth-order valence-corrected chi connectivity index (χ4v) is 3.36. The maximum Gasteiger partial charge on any atom is 0.343 e. The summed E-state index contributed by atoms with van der Waals surface area (Å²) < 4.78 is 5.40. The van der Waals surface area contributed by atoms with E-state index >= 15 is 0 Å². The Bertz CT molecular complexity index is 520. The number of aliphatic hydroxyl groups excluding tert-OH is 1. The van der Waals surface area contributed by atoms with Crippen LogP contribution in [0.4, 0.5) is 0 Å². The number of allylic oxidation sites excluding steroid dienone is 3. The number of ether oxygens (including phenoxy) is 1. The molecule has 1 heterocycles. The first kappa shape index (κ1) is 11.6. The molecule has 1 N–H and O–H groups in total. The average molecular weight is 246 g/mol. The van der Waals surface area contributed by atoms with Crippen molar-refractivity contribution < 1.29 is 14.6 Å². The molecular formula is C15H18O3. The van der Waals surface area contributed by atoms with Crippen molar-refractivity contribution in [3.63, 3.8) is 0 Å². The predicted molar refractivity (Wildman–Crippen MR) is 67.6 cm³/mol. The third-order valence-corrected chi connectivity index (χ3v) is 4.85. The van der Waals surface area contributed by atoms with Gasteiger partial charge in [0.2, 0.25) is 0 Å². The van der Waals surface area contributed by atoms with Crippen LogP contribution in [0.25, 0.3) is 0 Å². The van der Waals surface area contributed by atoms with Crippen molar-refractivity contribution in [2.24, 2.45) is 17.3 Å². The summed E-state index contributed by atoms with van der Waals surface area (Å²) in [6.45, 7) is 6.67. The SMILES string of the molecule is CC1CCC2=CC3C(=C2C1(C)C)OC(=O)/C3=C/O. The third kappa shape index (κ3) is 1.27. The van der Waals surface area contributed by atoms with Gasteiger partial charge in [-0.05, 0) is 29.7 Å². The smallest absolute Gasteiger partial charge is 0.343 e. The van der Waals surface area contributed by atoms with E-state index in [-0.39, 0.29) is 11.3 Å². The molecule has 0 amide bonds. The molecular weight excluding hydrogens is 228 g/mol. The molecule has 2 fully saturated rings. The largest absolute Gasteiger partial charge is 0.515 e. The Balaban J connectivity index is 2.15. The van der Waals surface area contributed by atoms with E-state index < -0.39 is 5.97 Å². The molecule has 0 spiro atoms. The molecule has 1 aliphatic heterocycles. The molecule has 3 aliphatic rings. The monoisotopic (exact) mass is 246 g/mol. The standard InChI is InChI=1S/C15H18O3/c1-8-4-5-9-6-10-11(7-16)14(17)18-13(10)12(9)15(8,2)3/h6-8,10,16H,4-5H2,1-3H3/b11-7+.